The molecule has 1 fully saturated rings. The Labute approximate surface area is 141 Å². The third-order valence-electron chi connectivity index (χ3n) is 4.68. The number of amides is 1. The Balaban J connectivity index is 1.50. The van der Waals surface area contributed by atoms with Crippen LogP contribution in [0.3, 0.4) is 0 Å². The lowest BCUT2D eigenvalue weighted by molar-refractivity contribution is -0.130. The first-order valence-corrected chi connectivity index (χ1v) is 8.61. The SMILES string of the molecule is O=C(CCc1ccc2nc(-c3ccccc3)[nH]c2c1)N1CCCC1. The number of aryl methyl sites for hydroxylation is 1. The van der Waals surface area contributed by atoms with Crippen LogP contribution in [-0.2, 0) is 11.2 Å². The molecule has 3 aromatic rings. The lowest BCUT2D eigenvalue weighted by Crippen LogP contribution is -2.27. The molecule has 1 aliphatic rings. The standard InChI is InChI=1S/C20H21N3O/c24-19(23-12-4-5-13-23)11-9-15-8-10-17-18(14-15)22-20(21-17)16-6-2-1-3-7-16/h1-3,6-8,10,14H,4-5,9,11-13H2,(H,21,22). The summed E-state index contributed by atoms with van der Waals surface area (Å²) in [5.74, 6) is 1.16. The predicted octanol–water partition coefficient (Wildman–Crippen LogP) is 3.78. The first-order chi connectivity index (χ1) is 11.8. The number of carbonyl (C=O) groups is 1. The summed E-state index contributed by atoms with van der Waals surface area (Å²) in [5, 5.41) is 0. The molecule has 0 aliphatic carbocycles. The highest BCUT2D eigenvalue weighted by molar-refractivity contribution is 5.80. The van der Waals surface area contributed by atoms with Crippen LogP contribution < -0.4 is 0 Å². The topological polar surface area (TPSA) is 49.0 Å². The van der Waals surface area contributed by atoms with Crippen molar-refractivity contribution in [3.63, 3.8) is 0 Å². The van der Waals surface area contributed by atoms with Gasteiger partial charge in [0.1, 0.15) is 5.82 Å². The third kappa shape index (κ3) is 3.04. The van der Waals surface area contributed by atoms with Crippen LogP contribution in [0.2, 0.25) is 0 Å². The molecule has 1 amide bonds. The molecule has 0 saturated carbocycles. The number of aromatic nitrogens is 2. The van der Waals surface area contributed by atoms with Crippen molar-refractivity contribution in [2.75, 3.05) is 13.1 Å². The average Bonchev–Trinajstić information content (AvgIpc) is 3.29. The minimum Gasteiger partial charge on any atom is -0.343 e. The van der Waals surface area contributed by atoms with Crippen LogP contribution in [-0.4, -0.2) is 33.9 Å². The zero-order valence-electron chi connectivity index (χ0n) is 13.7. The Kier molecular flexibility index (Phi) is 4.03. The lowest BCUT2D eigenvalue weighted by Gasteiger charge is -2.14. The van der Waals surface area contributed by atoms with E-state index in [-0.39, 0.29) is 5.91 Å². The smallest absolute Gasteiger partial charge is 0.222 e. The van der Waals surface area contributed by atoms with Gasteiger partial charge in [-0.05, 0) is 37.0 Å². The Morgan fingerprint density at radius 1 is 1.08 bits per heavy atom. The molecule has 2 heterocycles. The van der Waals surface area contributed by atoms with E-state index in [4.69, 9.17) is 0 Å². The van der Waals surface area contributed by atoms with Gasteiger partial charge < -0.3 is 9.88 Å². The van der Waals surface area contributed by atoms with Crippen LogP contribution in [0.25, 0.3) is 22.4 Å². The number of benzene rings is 2. The molecule has 1 aliphatic heterocycles. The molecule has 122 valence electrons. The Bertz CT molecular complexity index is 848. The summed E-state index contributed by atoms with van der Waals surface area (Å²) in [6, 6.07) is 16.4. The fraction of sp³-hybridized carbons (Fsp3) is 0.300. The Morgan fingerprint density at radius 3 is 2.67 bits per heavy atom. The molecular weight excluding hydrogens is 298 g/mol. The summed E-state index contributed by atoms with van der Waals surface area (Å²) in [6.07, 6.45) is 3.67. The maximum absolute atomic E-state index is 12.2. The van der Waals surface area contributed by atoms with Gasteiger partial charge in [-0.15, -0.1) is 0 Å². The van der Waals surface area contributed by atoms with Crippen LogP contribution in [0.5, 0.6) is 0 Å². The van der Waals surface area contributed by atoms with Crippen molar-refractivity contribution in [1.82, 2.24) is 14.9 Å². The number of hydrogen-bond donors (Lipinski definition) is 1. The van der Waals surface area contributed by atoms with Crippen molar-refractivity contribution >= 4 is 16.9 Å². The number of nitrogens with zero attached hydrogens (tertiary/aromatic N) is 2. The normalized spacial score (nSPS) is 14.4. The van der Waals surface area contributed by atoms with Crippen LogP contribution >= 0.6 is 0 Å². The number of fused-ring (bicyclic) bond motifs is 1. The zero-order valence-corrected chi connectivity index (χ0v) is 13.7. The van der Waals surface area contributed by atoms with Crippen LogP contribution in [0.15, 0.2) is 48.5 Å². The van der Waals surface area contributed by atoms with E-state index in [0.29, 0.717) is 6.42 Å². The van der Waals surface area contributed by atoms with Gasteiger partial charge in [-0.25, -0.2) is 4.98 Å². The van der Waals surface area contributed by atoms with E-state index in [1.165, 1.54) is 5.56 Å². The van der Waals surface area contributed by atoms with Gasteiger partial charge in [-0.3, -0.25) is 4.79 Å². The largest absolute Gasteiger partial charge is 0.343 e. The molecule has 24 heavy (non-hydrogen) atoms. The number of H-pyrrole nitrogens is 1. The van der Waals surface area contributed by atoms with Gasteiger partial charge in [0, 0.05) is 25.1 Å². The molecule has 0 radical (unpaired) electrons. The molecule has 0 bridgehead atoms. The Hall–Kier alpha value is -2.62. The fourth-order valence-electron chi connectivity index (χ4n) is 3.32. The highest BCUT2D eigenvalue weighted by atomic mass is 16.2. The number of aromatic amines is 1. The van der Waals surface area contributed by atoms with E-state index < -0.39 is 0 Å². The number of imidazole rings is 1. The minimum absolute atomic E-state index is 0.280. The maximum atomic E-state index is 12.2. The second kappa shape index (κ2) is 6.48. The fourth-order valence-corrected chi connectivity index (χ4v) is 3.32. The van der Waals surface area contributed by atoms with Gasteiger partial charge in [-0.1, -0.05) is 36.4 Å². The number of nitrogens with one attached hydrogen (secondary N) is 1. The monoisotopic (exact) mass is 319 g/mol. The third-order valence-corrected chi connectivity index (χ3v) is 4.68. The van der Waals surface area contributed by atoms with Crippen molar-refractivity contribution in [2.45, 2.75) is 25.7 Å². The number of likely N-dealkylation sites (tertiary alicyclic amines) is 1. The van der Waals surface area contributed by atoms with E-state index in [1.807, 2.05) is 41.3 Å². The van der Waals surface area contributed by atoms with Crippen molar-refractivity contribution in [3.8, 4) is 11.4 Å². The van der Waals surface area contributed by atoms with Crippen molar-refractivity contribution in [3.05, 3.63) is 54.1 Å². The van der Waals surface area contributed by atoms with Crippen molar-refractivity contribution in [2.24, 2.45) is 0 Å². The molecule has 0 atom stereocenters. The average molecular weight is 319 g/mol. The van der Waals surface area contributed by atoms with Crippen LogP contribution in [0, 0.1) is 0 Å². The van der Waals surface area contributed by atoms with E-state index in [0.717, 1.165) is 54.8 Å². The first kappa shape index (κ1) is 14.9. The highest BCUT2D eigenvalue weighted by Gasteiger charge is 2.17. The summed E-state index contributed by atoms with van der Waals surface area (Å²) in [4.78, 5) is 22.2. The molecule has 2 aromatic carbocycles. The lowest BCUT2D eigenvalue weighted by atomic mass is 10.1. The molecule has 1 N–H and O–H groups in total. The van der Waals surface area contributed by atoms with Gasteiger partial charge in [0.05, 0.1) is 11.0 Å². The van der Waals surface area contributed by atoms with Crippen molar-refractivity contribution in [1.29, 1.82) is 0 Å². The van der Waals surface area contributed by atoms with E-state index in [2.05, 4.69) is 22.1 Å². The van der Waals surface area contributed by atoms with E-state index in [9.17, 15) is 4.79 Å². The van der Waals surface area contributed by atoms with Crippen LogP contribution in [0.1, 0.15) is 24.8 Å². The summed E-state index contributed by atoms with van der Waals surface area (Å²) < 4.78 is 0. The van der Waals surface area contributed by atoms with Gasteiger partial charge in [0.25, 0.3) is 0 Å². The second-order valence-corrected chi connectivity index (χ2v) is 6.39. The van der Waals surface area contributed by atoms with E-state index in [1.54, 1.807) is 0 Å². The molecule has 1 aromatic heterocycles. The number of carbonyl (C=O) groups excluding carboxylic acids is 1. The maximum Gasteiger partial charge on any atom is 0.222 e. The minimum atomic E-state index is 0.280. The zero-order chi connectivity index (χ0) is 16.4. The highest BCUT2D eigenvalue weighted by Crippen LogP contribution is 2.21. The Morgan fingerprint density at radius 2 is 1.88 bits per heavy atom. The summed E-state index contributed by atoms with van der Waals surface area (Å²) >= 11 is 0. The molecule has 4 heteroatoms. The molecular formula is C20H21N3O. The molecule has 1 saturated heterocycles. The second-order valence-electron chi connectivity index (χ2n) is 6.39. The summed E-state index contributed by atoms with van der Waals surface area (Å²) in [7, 11) is 0. The van der Waals surface area contributed by atoms with Gasteiger partial charge >= 0.3 is 0 Å². The van der Waals surface area contributed by atoms with E-state index >= 15 is 0 Å². The predicted molar refractivity (Wildman–Crippen MR) is 95.7 cm³/mol. The van der Waals surface area contributed by atoms with Gasteiger partial charge in [-0.2, -0.15) is 0 Å². The van der Waals surface area contributed by atoms with Gasteiger partial charge in [0.2, 0.25) is 5.91 Å². The molecule has 4 rings (SSSR count). The van der Waals surface area contributed by atoms with Crippen LogP contribution in [0.4, 0.5) is 0 Å². The summed E-state index contributed by atoms with van der Waals surface area (Å²) in [6.45, 7) is 1.86. The molecule has 0 spiro atoms. The quantitative estimate of drug-likeness (QED) is 0.795. The van der Waals surface area contributed by atoms with Crippen molar-refractivity contribution < 1.29 is 4.79 Å². The number of rotatable bonds is 4. The number of hydrogen-bond acceptors (Lipinski definition) is 2. The first-order valence-electron chi connectivity index (χ1n) is 8.61. The molecule has 0 unspecified atom stereocenters. The molecule has 4 nitrogen and oxygen atoms in total. The summed E-state index contributed by atoms with van der Waals surface area (Å²) in [5.41, 5.74) is 4.25. The van der Waals surface area contributed by atoms with Gasteiger partial charge in [0.15, 0.2) is 0 Å².